The molecule has 1 N–H and O–H groups in total. The highest BCUT2D eigenvalue weighted by atomic mass is 19.1. The van der Waals surface area contributed by atoms with Crippen molar-refractivity contribution in [1.29, 1.82) is 0 Å². The van der Waals surface area contributed by atoms with Crippen LogP contribution in [-0.4, -0.2) is 58.9 Å². The fraction of sp³-hybridized carbons (Fsp3) is 0.588. The molecular weight excluding hydrogens is 318 g/mol. The van der Waals surface area contributed by atoms with Crippen molar-refractivity contribution >= 4 is 6.09 Å². The molecule has 1 aromatic rings. The Balaban J connectivity index is 2.01. The van der Waals surface area contributed by atoms with Crippen LogP contribution in [0, 0.1) is 11.6 Å². The van der Waals surface area contributed by atoms with Gasteiger partial charge in [-0.15, -0.1) is 0 Å². The number of hydrogen-bond acceptors (Lipinski definition) is 4. The fourth-order valence-electron chi connectivity index (χ4n) is 2.64. The molecule has 1 aliphatic rings. The zero-order valence-electron chi connectivity index (χ0n) is 14.3. The van der Waals surface area contributed by atoms with Gasteiger partial charge < -0.3 is 14.7 Å². The van der Waals surface area contributed by atoms with Gasteiger partial charge in [0, 0.05) is 37.8 Å². The van der Waals surface area contributed by atoms with Gasteiger partial charge in [-0.25, -0.2) is 13.6 Å². The Morgan fingerprint density at radius 1 is 1.33 bits per heavy atom. The number of carbonyl (C=O) groups excluding carboxylic acids is 1. The van der Waals surface area contributed by atoms with Gasteiger partial charge in [-0.1, -0.05) is 6.07 Å². The Bertz CT molecular complexity index is 590. The maximum Gasteiger partial charge on any atom is 0.410 e. The van der Waals surface area contributed by atoms with Crippen molar-refractivity contribution in [3.05, 3.63) is 35.4 Å². The number of benzene rings is 1. The molecule has 0 radical (unpaired) electrons. The summed E-state index contributed by atoms with van der Waals surface area (Å²) >= 11 is 0. The lowest BCUT2D eigenvalue weighted by Gasteiger charge is -2.41. The van der Waals surface area contributed by atoms with Gasteiger partial charge in [0.15, 0.2) is 0 Å². The highest BCUT2D eigenvalue weighted by Gasteiger charge is 2.31. The highest BCUT2D eigenvalue weighted by molar-refractivity contribution is 5.68. The minimum Gasteiger partial charge on any atom is -0.444 e. The van der Waals surface area contributed by atoms with Crippen LogP contribution in [0.2, 0.25) is 0 Å². The van der Waals surface area contributed by atoms with Crippen molar-refractivity contribution in [3.63, 3.8) is 0 Å². The van der Waals surface area contributed by atoms with Crippen molar-refractivity contribution in [1.82, 2.24) is 9.80 Å². The number of aliphatic hydroxyl groups excluding tert-OH is 1. The second-order valence-corrected chi connectivity index (χ2v) is 6.97. The molecule has 0 aliphatic carbocycles. The van der Waals surface area contributed by atoms with E-state index in [-0.39, 0.29) is 19.2 Å². The quantitative estimate of drug-likeness (QED) is 0.916. The summed E-state index contributed by atoms with van der Waals surface area (Å²) in [6.07, 6.45) is -0.423. The molecule has 1 saturated heterocycles. The number of carbonyl (C=O) groups is 1. The summed E-state index contributed by atoms with van der Waals surface area (Å²) in [4.78, 5) is 15.6. The average Bonchev–Trinajstić information content (AvgIpc) is 2.48. The molecule has 1 amide bonds. The van der Waals surface area contributed by atoms with Crippen LogP contribution in [0.1, 0.15) is 26.3 Å². The largest absolute Gasteiger partial charge is 0.444 e. The van der Waals surface area contributed by atoms with Crippen molar-refractivity contribution in [2.24, 2.45) is 0 Å². The minimum atomic E-state index is -0.621. The van der Waals surface area contributed by atoms with E-state index < -0.39 is 23.3 Å². The van der Waals surface area contributed by atoms with Crippen LogP contribution >= 0.6 is 0 Å². The molecule has 24 heavy (non-hydrogen) atoms. The number of piperazine rings is 1. The van der Waals surface area contributed by atoms with E-state index in [9.17, 15) is 18.7 Å². The van der Waals surface area contributed by atoms with Gasteiger partial charge in [0.2, 0.25) is 0 Å². The summed E-state index contributed by atoms with van der Waals surface area (Å²) in [6.45, 7) is 6.66. The molecule has 2 rings (SSSR count). The van der Waals surface area contributed by atoms with Crippen LogP contribution in [0.25, 0.3) is 0 Å². The maximum atomic E-state index is 13.8. The van der Waals surface area contributed by atoms with E-state index in [1.54, 1.807) is 25.7 Å². The second kappa shape index (κ2) is 7.44. The normalized spacial score (nSPS) is 19.4. The number of amides is 1. The molecule has 0 bridgehead atoms. The van der Waals surface area contributed by atoms with E-state index in [4.69, 9.17) is 4.74 Å². The minimum absolute atomic E-state index is 0.165. The van der Waals surface area contributed by atoms with Gasteiger partial charge in [-0.2, -0.15) is 0 Å². The molecule has 1 atom stereocenters. The van der Waals surface area contributed by atoms with Gasteiger partial charge >= 0.3 is 6.09 Å². The average molecular weight is 342 g/mol. The predicted molar refractivity (Wildman–Crippen MR) is 85.4 cm³/mol. The molecule has 1 unspecified atom stereocenters. The zero-order valence-corrected chi connectivity index (χ0v) is 14.3. The van der Waals surface area contributed by atoms with Gasteiger partial charge in [0.1, 0.15) is 17.2 Å². The first-order valence-corrected chi connectivity index (χ1v) is 7.96. The molecule has 0 aromatic heterocycles. The number of rotatable bonds is 3. The fourth-order valence-corrected chi connectivity index (χ4v) is 2.64. The van der Waals surface area contributed by atoms with Gasteiger partial charge in [-0.05, 0) is 26.8 Å². The number of nitrogens with zero attached hydrogens (tertiary/aromatic N) is 2. The SMILES string of the molecule is CC(C)(C)OC(=O)N1CCN(Cc2ccc(F)cc2F)C(CO)C1. The number of halogens is 2. The van der Waals surface area contributed by atoms with Crippen LogP contribution in [0.5, 0.6) is 0 Å². The second-order valence-electron chi connectivity index (χ2n) is 6.97. The standard InChI is InChI=1S/C17H24F2N2O3/c1-17(2,3)24-16(23)21-7-6-20(14(10-21)11-22)9-12-4-5-13(18)8-15(12)19/h4-5,8,14,22H,6-7,9-11H2,1-3H3. The highest BCUT2D eigenvalue weighted by Crippen LogP contribution is 2.19. The molecule has 7 heteroatoms. The molecule has 1 fully saturated rings. The lowest BCUT2D eigenvalue weighted by atomic mass is 10.1. The molecule has 1 aliphatic heterocycles. The summed E-state index contributed by atoms with van der Waals surface area (Å²) < 4.78 is 32.1. The van der Waals surface area contributed by atoms with E-state index in [1.807, 2.05) is 4.90 Å². The van der Waals surface area contributed by atoms with Crippen LogP contribution in [0.15, 0.2) is 18.2 Å². The first kappa shape index (κ1) is 18.6. The third-order valence-electron chi connectivity index (χ3n) is 3.86. The lowest BCUT2D eigenvalue weighted by Crippen LogP contribution is -2.56. The Kier molecular flexibility index (Phi) is 5.77. The Hall–Kier alpha value is -1.73. The summed E-state index contributed by atoms with van der Waals surface area (Å²) in [5, 5.41) is 9.61. The summed E-state index contributed by atoms with van der Waals surface area (Å²) in [6, 6.07) is 3.14. The van der Waals surface area contributed by atoms with Gasteiger partial charge in [0.05, 0.1) is 12.6 Å². The number of ether oxygens (including phenoxy) is 1. The molecule has 1 heterocycles. The van der Waals surface area contributed by atoms with E-state index in [1.165, 1.54) is 12.1 Å². The van der Waals surface area contributed by atoms with Crippen LogP contribution in [0.3, 0.4) is 0 Å². The van der Waals surface area contributed by atoms with Crippen LogP contribution < -0.4 is 0 Å². The lowest BCUT2D eigenvalue weighted by molar-refractivity contribution is -0.00633. The van der Waals surface area contributed by atoms with Crippen LogP contribution in [-0.2, 0) is 11.3 Å². The summed E-state index contributed by atoms with van der Waals surface area (Å²) in [7, 11) is 0. The smallest absolute Gasteiger partial charge is 0.410 e. The number of hydrogen-bond donors (Lipinski definition) is 1. The van der Waals surface area contributed by atoms with Crippen molar-refractivity contribution in [2.45, 2.75) is 39.0 Å². The summed E-state index contributed by atoms with van der Waals surface area (Å²) in [5.74, 6) is -1.23. The summed E-state index contributed by atoms with van der Waals surface area (Å²) in [5.41, 5.74) is -0.222. The predicted octanol–water partition coefficient (Wildman–Crippen LogP) is 2.38. The van der Waals surface area contributed by atoms with E-state index in [2.05, 4.69) is 0 Å². The maximum absolute atomic E-state index is 13.8. The molecule has 0 saturated carbocycles. The Morgan fingerprint density at radius 2 is 2.04 bits per heavy atom. The van der Waals surface area contributed by atoms with E-state index in [0.29, 0.717) is 25.2 Å². The van der Waals surface area contributed by atoms with Gasteiger partial charge in [-0.3, -0.25) is 4.90 Å². The van der Waals surface area contributed by atoms with E-state index >= 15 is 0 Å². The monoisotopic (exact) mass is 342 g/mol. The van der Waals surface area contributed by atoms with Crippen molar-refractivity contribution < 1.29 is 23.4 Å². The van der Waals surface area contributed by atoms with E-state index in [0.717, 1.165) is 6.07 Å². The molecule has 0 spiro atoms. The topological polar surface area (TPSA) is 53.0 Å². The van der Waals surface area contributed by atoms with Gasteiger partial charge in [0.25, 0.3) is 0 Å². The van der Waals surface area contributed by atoms with Crippen molar-refractivity contribution in [2.75, 3.05) is 26.2 Å². The molecule has 5 nitrogen and oxygen atoms in total. The first-order valence-electron chi connectivity index (χ1n) is 7.96. The molecule has 134 valence electrons. The molecular formula is C17H24F2N2O3. The Morgan fingerprint density at radius 3 is 2.62 bits per heavy atom. The zero-order chi connectivity index (χ0) is 17.9. The van der Waals surface area contributed by atoms with Crippen LogP contribution in [0.4, 0.5) is 13.6 Å². The molecule has 1 aromatic carbocycles. The number of aliphatic hydroxyl groups is 1. The van der Waals surface area contributed by atoms with Crippen molar-refractivity contribution in [3.8, 4) is 0 Å². The third kappa shape index (κ3) is 4.88. The Labute approximate surface area is 140 Å². The first-order chi connectivity index (χ1) is 11.2. The third-order valence-corrected chi connectivity index (χ3v) is 3.86.